The first kappa shape index (κ1) is 17.0. The summed E-state index contributed by atoms with van der Waals surface area (Å²) in [6.45, 7) is 4.47. The Labute approximate surface area is 125 Å². The molecule has 0 saturated heterocycles. The molecule has 4 heteroatoms. The molecule has 21 heavy (non-hydrogen) atoms. The van der Waals surface area contributed by atoms with Gasteiger partial charge in [-0.1, -0.05) is 37.3 Å². The molecule has 1 aromatic carbocycles. The summed E-state index contributed by atoms with van der Waals surface area (Å²) < 4.78 is 9.98. The van der Waals surface area contributed by atoms with Gasteiger partial charge in [0.15, 0.2) is 0 Å². The van der Waals surface area contributed by atoms with E-state index < -0.39 is 5.97 Å². The number of ether oxygens (including phenoxy) is 2. The fourth-order valence-electron chi connectivity index (χ4n) is 1.80. The van der Waals surface area contributed by atoms with Gasteiger partial charge in [0.2, 0.25) is 0 Å². The predicted molar refractivity (Wildman–Crippen MR) is 81.5 cm³/mol. The summed E-state index contributed by atoms with van der Waals surface area (Å²) >= 11 is 0. The van der Waals surface area contributed by atoms with Crippen molar-refractivity contribution in [2.75, 3.05) is 13.2 Å². The molecule has 0 fully saturated rings. The Balaban J connectivity index is 2.74. The Bertz CT molecular complexity index is 477. The second-order valence-electron chi connectivity index (χ2n) is 4.51. The minimum Gasteiger partial charge on any atom is -0.466 e. The van der Waals surface area contributed by atoms with Crippen LogP contribution in [0.4, 0.5) is 0 Å². The third-order valence-electron chi connectivity index (χ3n) is 2.79. The zero-order valence-corrected chi connectivity index (χ0v) is 12.6. The standard InChI is InChI=1S/C17H22O4/c1-3-12-21-16(18)11-10-15(13-17(19)20-4-2)14-8-6-5-7-9-14/h5-9,13H,3-4,10-12H2,1-2H3/b15-13-. The summed E-state index contributed by atoms with van der Waals surface area (Å²) in [5, 5.41) is 0. The molecule has 1 aromatic rings. The Morgan fingerprint density at radius 1 is 1.05 bits per heavy atom. The predicted octanol–water partition coefficient (Wildman–Crippen LogP) is 3.37. The van der Waals surface area contributed by atoms with E-state index in [-0.39, 0.29) is 12.4 Å². The molecule has 0 atom stereocenters. The van der Waals surface area contributed by atoms with Gasteiger partial charge in [-0.3, -0.25) is 4.79 Å². The van der Waals surface area contributed by atoms with Crippen molar-refractivity contribution in [2.45, 2.75) is 33.1 Å². The summed E-state index contributed by atoms with van der Waals surface area (Å²) in [6.07, 6.45) is 2.95. The van der Waals surface area contributed by atoms with E-state index >= 15 is 0 Å². The van der Waals surface area contributed by atoms with Gasteiger partial charge >= 0.3 is 11.9 Å². The molecule has 0 saturated carbocycles. The van der Waals surface area contributed by atoms with Crippen molar-refractivity contribution in [3.8, 4) is 0 Å². The van der Waals surface area contributed by atoms with E-state index in [1.165, 1.54) is 6.08 Å². The minimum absolute atomic E-state index is 0.248. The largest absolute Gasteiger partial charge is 0.466 e. The van der Waals surface area contributed by atoms with Crippen LogP contribution in [0.1, 0.15) is 38.7 Å². The van der Waals surface area contributed by atoms with E-state index in [4.69, 9.17) is 9.47 Å². The Kier molecular flexibility index (Phi) is 7.87. The van der Waals surface area contributed by atoms with Crippen LogP contribution in [0, 0.1) is 0 Å². The minimum atomic E-state index is -0.390. The topological polar surface area (TPSA) is 52.6 Å². The molecule has 4 nitrogen and oxygen atoms in total. The van der Waals surface area contributed by atoms with E-state index in [0.29, 0.717) is 19.6 Å². The van der Waals surface area contributed by atoms with Gasteiger partial charge in [0, 0.05) is 12.5 Å². The van der Waals surface area contributed by atoms with Crippen molar-refractivity contribution < 1.29 is 19.1 Å². The van der Waals surface area contributed by atoms with Gasteiger partial charge in [0.05, 0.1) is 13.2 Å². The third-order valence-corrected chi connectivity index (χ3v) is 2.79. The first-order valence-corrected chi connectivity index (χ1v) is 7.25. The maximum atomic E-state index is 11.6. The summed E-state index contributed by atoms with van der Waals surface area (Å²) in [5.41, 5.74) is 1.69. The van der Waals surface area contributed by atoms with Crippen molar-refractivity contribution in [2.24, 2.45) is 0 Å². The van der Waals surface area contributed by atoms with Crippen LogP contribution in [0.25, 0.3) is 5.57 Å². The molecule has 0 radical (unpaired) electrons. The molecule has 0 unspecified atom stereocenters. The normalized spacial score (nSPS) is 11.0. The number of esters is 2. The first-order valence-electron chi connectivity index (χ1n) is 7.25. The van der Waals surface area contributed by atoms with E-state index in [0.717, 1.165) is 17.6 Å². The highest BCUT2D eigenvalue weighted by Gasteiger charge is 2.09. The van der Waals surface area contributed by atoms with Gasteiger partial charge in [-0.25, -0.2) is 4.79 Å². The van der Waals surface area contributed by atoms with Crippen LogP contribution >= 0.6 is 0 Å². The van der Waals surface area contributed by atoms with Gasteiger partial charge in [-0.15, -0.1) is 0 Å². The van der Waals surface area contributed by atoms with Crippen LogP contribution in [-0.2, 0) is 19.1 Å². The van der Waals surface area contributed by atoms with Crippen LogP contribution < -0.4 is 0 Å². The molecule has 0 bridgehead atoms. The molecule has 0 amide bonds. The summed E-state index contributed by atoms with van der Waals surface area (Å²) in [4.78, 5) is 23.2. The Hall–Kier alpha value is -2.10. The number of carbonyl (C=O) groups excluding carboxylic acids is 2. The summed E-state index contributed by atoms with van der Waals surface area (Å²) in [5.74, 6) is -0.638. The zero-order chi connectivity index (χ0) is 15.5. The molecule has 0 N–H and O–H groups in total. The lowest BCUT2D eigenvalue weighted by Crippen LogP contribution is -2.06. The van der Waals surface area contributed by atoms with Crippen molar-refractivity contribution in [3.63, 3.8) is 0 Å². The van der Waals surface area contributed by atoms with Crippen molar-refractivity contribution in [1.29, 1.82) is 0 Å². The first-order chi connectivity index (χ1) is 10.2. The average molecular weight is 290 g/mol. The van der Waals surface area contributed by atoms with E-state index in [1.807, 2.05) is 37.3 Å². The molecule has 0 aromatic heterocycles. The molecular formula is C17H22O4. The number of carbonyl (C=O) groups is 2. The maximum Gasteiger partial charge on any atom is 0.331 e. The number of rotatable bonds is 8. The number of benzene rings is 1. The highest BCUT2D eigenvalue weighted by atomic mass is 16.5. The highest BCUT2D eigenvalue weighted by molar-refractivity contribution is 5.92. The van der Waals surface area contributed by atoms with Crippen LogP contribution in [0.5, 0.6) is 0 Å². The van der Waals surface area contributed by atoms with Gasteiger partial charge in [0.25, 0.3) is 0 Å². The SMILES string of the molecule is CCCOC(=O)CC/C(=C/C(=O)OCC)c1ccccc1. The lowest BCUT2D eigenvalue weighted by Gasteiger charge is -2.08. The zero-order valence-electron chi connectivity index (χ0n) is 12.6. The van der Waals surface area contributed by atoms with Gasteiger partial charge in [-0.2, -0.15) is 0 Å². The van der Waals surface area contributed by atoms with Crippen molar-refractivity contribution in [3.05, 3.63) is 42.0 Å². The van der Waals surface area contributed by atoms with E-state index in [1.54, 1.807) is 6.92 Å². The van der Waals surface area contributed by atoms with Crippen LogP contribution in [0.15, 0.2) is 36.4 Å². The van der Waals surface area contributed by atoms with Crippen LogP contribution in [-0.4, -0.2) is 25.2 Å². The Morgan fingerprint density at radius 2 is 1.76 bits per heavy atom. The molecule has 1 rings (SSSR count). The lowest BCUT2D eigenvalue weighted by molar-refractivity contribution is -0.143. The third kappa shape index (κ3) is 6.75. The maximum absolute atomic E-state index is 11.6. The fourth-order valence-corrected chi connectivity index (χ4v) is 1.80. The number of hydrogen-bond acceptors (Lipinski definition) is 4. The molecule has 0 aliphatic rings. The molecular weight excluding hydrogens is 268 g/mol. The molecule has 0 spiro atoms. The monoisotopic (exact) mass is 290 g/mol. The average Bonchev–Trinajstić information content (AvgIpc) is 2.50. The number of hydrogen-bond donors (Lipinski definition) is 0. The van der Waals surface area contributed by atoms with Crippen molar-refractivity contribution >= 4 is 17.5 Å². The quantitative estimate of drug-likeness (QED) is 0.544. The highest BCUT2D eigenvalue weighted by Crippen LogP contribution is 2.20. The Morgan fingerprint density at radius 3 is 2.38 bits per heavy atom. The molecule has 114 valence electrons. The molecule has 0 heterocycles. The smallest absolute Gasteiger partial charge is 0.331 e. The fraction of sp³-hybridized carbons (Fsp3) is 0.412. The van der Waals surface area contributed by atoms with Gasteiger partial charge in [-0.05, 0) is 30.9 Å². The van der Waals surface area contributed by atoms with Crippen LogP contribution in [0.3, 0.4) is 0 Å². The second-order valence-corrected chi connectivity index (χ2v) is 4.51. The summed E-state index contributed by atoms with van der Waals surface area (Å²) in [7, 11) is 0. The summed E-state index contributed by atoms with van der Waals surface area (Å²) in [6, 6.07) is 9.50. The molecule has 0 aliphatic carbocycles. The van der Waals surface area contributed by atoms with Gasteiger partial charge < -0.3 is 9.47 Å². The second kappa shape index (κ2) is 9.75. The number of allylic oxidation sites excluding steroid dienone is 1. The van der Waals surface area contributed by atoms with Crippen LogP contribution in [0.2, 0.25) is 0 Å². The van der Waals surface area contributed by atoms with Crippen molar-refractivity contribution in [1.82, 2.24) is 0 Å². The van der Waals surface area contributed by atoms with Gasteiger partial charge in [0.1, 0.15) is 0 Å². The molecule has 0 aliphatic heterocycles. The van der Waals surface area contributed by atoms with E-state index in [9.17, 15) is 9.59 Å². The lowest BCUT2D eigenvalue weighted by atomic mass is 10.0. The van der Waals surface area contributed by atoms with E-state index in [2.05, 4.69) is 0 Å².